The van der Waals surface area contributed by atoms with E-state index in [0.717, 1.165) is 62.9 Å². The Morgan fingerprint density at radius 2 is 1.85 bits per heavy atom. The molecular weight excluding hydrogens is 340 g/mol. The Labute approximate surface area is 162 Å². The van der Waals surface area contributed by atoms with Crippen molar-refractivity contribution in [1.82, 2.24) is 4.90 Å². The molecule has 27 heavy (non-hydrogen) atoms. The van der Waals surface area contributed by atoms with E-state index in [2.05, 4.69) is 17.1 Å². The van der Waals surface area contributed by atoms with Crippen LogP contribution in [-0.4, -0.2) is 36.4 Å². The van der Waals surface area contributed by atoms with Crippen LogP contribution in [0.3, 0.4) is 0 Å². The zero-order valence-corrected chi connectivity index (χ0v) is 16.6. The van der Waals surface area contributed by atoms with Gasteiger partial charge in [0.2, 0.25) is 11.8 Å². The van der Waals surface area contributed by atoms with E-state index in [1.54, 1.807) is 7.11 Å². The van der Waals surface area contributed by atoms with Crippen LogP contribution >= 0.6 is 0 Å². The standard InChI is InChI=1S/C22H32N2O3/c1-3-19-8-4-5-14-24(19)22(26)17-12-10-16(11-13-17)21(25)23-18-7-6-9-20(15-18)27-2/h6-7,9,15-17,19H,3-5,8,10-14H2,1-2H3,(H,23,25). The maximum atomic E-state index is 13.0. The Kier molecular flexibility index (Phi) is 6.75. The highest BCUT2D eigenvalue weighted by atomic mass is 16.5. The molecule has 3 rings (SSSR count). The molecule has 1 N–H and O–H groups in total. The summed E-state index contributed by atoms with van der Waals surface area (Å²) in [6.45, 7) is 3.09. The molecule has 5 nitrogen and oxygen atoms in total. The van der Waals surface area contributed by atoms with E-state index in [-0.39, 0.29) is 17.7 Å². The normalized spacial score (nSPS) is 25.7. The molecule has 1 heterocycles. The minimum atomic E-state index is -0.0106. The molecular formula is C22H32N2O3. The molecule has 148 valence electrons. The van der Waals surface area contributed by atoms with E-state index in [9.17, 15) is 9.59 Å². The second-order valence-electron chi connectivity index (χ2n) is 7.86. The van der Waals surface area contributed by atoms with Crippen molar-refractivity contribution in [2.24, 2.45) is 11.8 Å². The fourth-order valence-electron chi connectivity index (χ4n) is 4.50. The first-order valence-corrected chi connectivity index (χ1v) is 10.4. The van der Waals surface area contributed by atoms with Crippen molar-refractivity contribution in [3.05, 3.63) is 24.3 Å². The number of ether oxygens (including phenoxy) is 1. The molecule has 0 aromatic heterocycles. The average Bonchev–Trinajstić information content (AvgIpc) is 2.73. The molecule has 1 aromatic rings. The van der Waals surface area contributed by atoms with Crippen LogP contribution in [-0.2, 0) is 9.59 Å². The summed E-state index contributed by atoms with van der Waals surface area (Å²) in [5.41, 5.74) is 0.761. The van der Waals surface area contributed by atoms with Gasteiger partial charge in [-0.3, -0.25) is 9.59 Å². The predicted octanol–water partition coefficient (Wildman–Crippen LogP) is 4.23. The number of anilines is 1. The summed E-state index contributed by atoms with van der Waals surface area (Å²) < 4.78 is 5.20. The van der Waals surface area contributed by atoms with Gasteiger partial charge in [-0.05, 0) is 63.5 Å². The molecule has 2 amide bonds. The number of methoxy groups -OCH3 is 1. The van der Waals surface area contributed by atoms with Gasteiger partial charge in [0.15, 0.2) is 0 Å². The molecule has 5 heteroatoms. The SMILES string of the molecule is CCC1CCCCN1C(=O)C1CCC(C(=O)Nc2cccc(OC)c2)CC1. The molecule has 2 aliphatic rings. The average molecular weight is 373 g/mol. The number of carbonyl (C=O) groups is 2. The lowest BCUT2D eigenvalue weighted by Crippen LogP contribution is -2.47. The minimum absolute atomic E-state index is 0.0106. The first kappa shape index (κ1) is 19.7. The van der Waals surface area contributed by atoms with Crippen LogP contribution in [0.4, 0.5) is 5.69 Å². The summed E-state index contributed by atoms with van der Waals surface area (Å²) >= 11 is 0. The maximum absolute atomic E-state index is 13.0. The highest BCUT2D eigenvalue weighted by Gasteiger charge is 2.34. The first-order chi connectivity index (χ1) is 13.1. The number of hydrogen-bond donors (Lipinski definition) is 1. The van der Waals surface area contributed by atoms with E-state index in [1.807, 2.05) is 24.3 Å². The molecule has 1 unspecified atom stereocenters. The number of piperidine rings is 1. The van der Waals surface area contributed by atoms with Gasteiger partial charge in [-0.2, -0.15) is 0 Å². The summed E-state index contributed by atoms with van der Waals surface area (Å²) in [5, 5.41) is 3.00. The van der Waals surface area contributed by atoms with Gasteiger partial charge >= 0.3 is 0 Å². The van der Waals surface area contributed by atoms with Crippen LogP contribution in [0.5, 0.6) is 5.75 Å². The van der Waals surface area contributed by atoms with E-state index < -0.39 is 0 Å². The minimum Gasteiger partial charge on any atom is -0.497 e. The summed E-state index contributed by atoms with van der Waals surface area (Å²) in [7, 11) is 1.62. The Hall–Kier alpha value is -2.04. The zero-order chi connectivity index (χ0) is 19.2. The second kappa shape index (κ2) is 9.25. The molecule has 1 saturated carbocycles. The van der Waals surface area contributed by atoms with E-state index in [0.29, 0.717) is 11.9 Å². The molecule has 1 aliphatic carbocycles. The van der Waals surface area contributed by atoms with Gasteiger partial charge < -0.3 is 15.0 Å². The largest absolute Gasteiger partial charge is 0.497 e. The number of hydrogen-bond acceptors (Lipinski definition) is 3. The number of likely N-dealkylation sites (tertiary alicyclic amines) is 1. The lowest BCUT2D eigenvalue weighted by atomic mass is 9.80. The highest BCUT2D eigenvalue weighted by Crippen LogP contribution is 2.33. The number of amides is 2. The predicted molar refractivity (Wildman–Crippen MR) is 107 cm³/mol. The van der Waals surface area contributed by atoms with Crippen LogP contribution in [0.25, 0.3) is 0 Å². The first-order valence-electron chi connectivity index (χ1n) is 10.4. The summed E-state index contributed by atoms with van der Waals surface area (Å²) in [6, 6.07) is 7.84. The lowest BCUT2D eigenvalue weighted by Gasteiger charge is -2.39. The van der Waals surface area contributed by atoms with Crippen molar-refractivity contribution in [3.8, 4) is 5.75 Å². The third-order valence-electron chi connectivity index (χ3n) is 6.17. The summed E-state index contributed by atoms with van der Waals surface area (Å²) in [4.78, 5) is 27.7. The van der Waals surface area contributed by atoms with Crippen molar-refractivity contribution < 1.29 is 14.3 Å². The monoisotopic (exact) mass is 372 g/mol. The third kappa shape index (κ3) is 4.82. The quantitative estimate of drug-likeness (QED) is 0.841. The molecule has 1 aromatic carbocycles. The molecule has 2 fully saturated rings. The third-order valence-corrected chi connectivity index (χ3v) is 6.17. The van der Waals surface area contributed by atoms with E-state index >= 15 is 0 Å². The Morgan fingerprint density at radius 3 is 2.56 bits per heavy atom. The van der Waals surface area contributed by atoms with Crippen molar-refractivity contribution in [3.63, 3.8) is 0 Å². The number of nitrogens with one attached hydrogen (secondary N) is 1. The van der Waals surface area contributed by atoms with Gasteiger partial charge in [0, 0.05) is 36.2 Å². The van der Waals surface area contributed by atoms with Crippen molar-refractivity contribution in [1.29, 1.82) is 0 Å². The smallest absolute Gasteiger partial charge is 0.227 e. The van der Waals surface area contributed by atoms with Gasteiger partial charge in [-0.15, -0.1) is 0 Å². The molecule has 1 aliphatic heterocycles. The van der Waals surface area contributed by atoms with Crippen molar-refractivity contribution >= 4 is 17.5 Å². The van der Waals surface area contributed by atoms with Crippen molar-refractivity contribution in [2.45, 2.75) is 64.3 Å². The molecule has 1 atom stereocenters. The lowest BCUT2D eigenvalue weighted by molar-refractivity contribution is -0.141. The van der Waals surface area contributed by atoms with E-state index in [1.165, 1.54) is 6.42 Å². The fourth-order valence-corrected chi connectivity index (χ4v) is 4.50. The van der Waals surface area contributed by atoms with Gasteiger partial charge in [0.25, 0.3) is 0 Å². The van der Waals surface area contributed by atoms with Gasteiger partial charge in [0.1, 0.15) is 5.75 Å². The van der Waals surface area contributed by atoms with Crippen LogP contribution in [0, 0.1) is 11.8 Å². The number of benzene rings is 1. The Balaban J connectivity index is 1.52. The Bertz CT molecular complexity index is 653. The summed E-state index contributed by atoms with van der Waals surface area (Å²) in [6.07, 6.45) is 7.77. The van der Waals surface area contributed by atoms with Crippen LogP contribution in [0.1, 0.15) is 58.3 Å². The van der Waals surface area contributed by atoms with Crippen molar-refractivity contribution in [2.75, 3.05) is 19.0 Å². The molecule has 0 bridgehead atoms. The topological polar surface area (TPSA) is 58.6 Å². The maximum Gasteiger partial charge on any atom is 0.227 e. The molecule has 1 saturated heterocycles. The summed E-state index contributed by atoms with van der Waals surface area (Å²) in [5.74, 6) is 1.20. The molecule has 0 spiro atoms. The number of nitrogens with zero attached hydrogens (tertiary/aromatic N) is 1. The number of carbonyl (C=O) groups excluding carboxylic acids is 2. The highest BCUT2D eigenvalue weighted by molar-refractivity contribution is 5.93. The zero-order valence-electron chi connectivity index (χ0n) is 16.6. The Morgan fingerprint density at radius 1 is 1.11 bits per heavy atom. The van der Waals surface area contributed by atoms with E-state index in [4.69, 9.17) is 4.74 Å². The van der Waals surface area contributed by atoms with Crippen LogP contribution in [0.2, 0.25) is 0 Å². The number of rotatable bonds is 5. The fraction of sp³-hybridized carbons (Fsp3) is 0.636. The van der Waals surface area contributed by atoms with Crippen LogP contribution in [0.15, 0.2) is 24.3 Å². The van der Waals surface area contributed by atoms with Gasteiger partial charge in [0.05, 0.1) is 7.11 Å². The molecule has 0 radical (unpaired) electrons. The second-order valence-corrected chi connectivity index (χ2v) is 7.86. The van der Waals surface area contributed by atoms with Gasteiger partial charge in [-0.1, -0.05) is 13.0 Å². The van der Waals surface area contributed by atoms with Crippen LogP contribution < -0.4 is 10.1 Å². The van der Waals surface area contributed by atoms with Gasteiger partial charge in [-0.25, -0.2) is 0 Å².